The highest BCUT2D eigenvalue weighted by Gasteiger charge is 2.13. The summed E-state index contributed by atoms with van der Waals surface area (Å²) in [5.74, 6) is 0.0417. The number of ether oxygens (including phenoxy) is 1. The second kappa shape index (κ2) is 10.5. The van der Waals surface area contributed by atoms with Crippen molar-refractivity contribution in [2.24, 2.45) is 0 Å². The van der Waals surface area contributed by atoms with E-state index < -0.39 is 5.91 Å². The molecule has 0 saturated carbocycles. The molecule has 4 aromatic rings. The molecule has 0 aliphatic carbocycles. The number of fused-ring (bicyclic) bond motifs is 1. The zero-order valence-electron chi connectivity index (χ0n) is 19.9. The molecule has 4 rings (SSSR count). The number of nitriles is 1. The largest absolute Gasteiger partial charge is 0.488 e. The normalized spacial score (nSPS) is 11.2. The summed E-state index contributed by atoms with van der Waals surface area (Å²) in [5, 5.41) is 15.3. The minimum absolute atomic E-state index is 0.0447. The third kappa shape index (κ3) is 5.54. The molecule has 174 valence electrons. The molecule has 0 unspecified atom stereocenters. The lowest BCUT2D eigenvalue weighted by atomic mass is 10.0. The molecule has 0 atom stereocenters. The Balaban J connectivity index is 1.61. The van der Waals surface area contributed by atoms with Gasteiger partial charge in [0.1, 0.15) is 24.0 Å². The van der Waals surface area contributed by atoms with Crippen molar-refractivity contribution in [3.8, 4) is 11.8 Å². The summed E-state index contributed by atoms with van der Waals surface area (Å²) in [7, 11) is 0. The van der Waals surface area contributed by atoms with Crippen LogP contribution in [0.1, 0.15) is 27.8 Å². The number of nitrogens with one attached hydrogen (secondary N) is 1. The van der Waals surface area contributed by atoms with E-state index in [2.05, 4.69) is 36.5 Å². The van der Waals surface area contributed by atoms with Crippen LogP contribution >= 0.6 is 11.6 Å². The molecule has 0 fully saturated rings. The Morgan fingerprint density at radius 2 is 1.74 bits per heavy atom. The zero-order valence-corrected chi connectivity index (χ0v) is 20.6. The van der Waals surface area contributed by atoms with E-state index in [1.807, 2.05) is 50.2 Å². The molecule has 1 amide bonds. The Morgan fingerprint density at radius 1 is 0.971 bits per heavy atom. The molecule has 0 aliphatic rings. The Kier molecular flexibility index (Phi) is 7.19. The van der Waals surface area contributed by atoms with Crippen molar-refractivity contribution in [1.29, 1.82) is 5.26 Å². The van der Waals surface area contributed by atoms with Gasteiger partial charge in [-0.3, -0.25) is 4.79 Å². The van der Waals surface area contributed by atoms with Gasteiger partial charge >= 0.3 is 0 Å². The molecular weight excluding hydrogens is 456 g/mol. The number of anilines is 1. The topological polar surface area (TPSA) is 62.1 Å². The lowest BCUT2D eigenvalue weighted by Crippen LogP contribution is -2.13. The first-order chi connectivity index (χ1) is 16.9. The summed E-state index contributed by atoms with van der Waals surface area (Å²) in [4.78, 5) is 12.8. The van der Waals surface area contributed by atoms with Crippen molar-refractivity contribution in [1.82, 2.24) is 0 Å². The fourth-order valence-electron chi connectivity index (χ4n) is 3.87. The molecule has 4 aromatic carbocycles. The molecule has 4 nitrogen and oxygen atoms in total. The van der Waals surface area contributed by atoms with Crippen LogP contribution in [0.25, 0.3) is 16.8 Å². The van der Waals surface area contributed by atoms with Crippen molar-refractivity contribution in [3.63, 3.8) is 0 Å². The Hall–Kier alpha value is -4.07. The summed E-state index contributed by atoms with van der Waals surface area (Å²) in [5.41, 5.74) is 5.54. The lowest BCUT2D eigenvalue weighted by molar-refractivity contribution is -0.112. The number of nitrogens with zero attached hydrogens (tertiary/aromatic N) is 1. The van der Waals surface area contributed by atoms with E-state index in [-0.39, 0.29) is 5.57 Å². The van der Waals surface area contributed by atoms with Gasteiger partial charge in [0.25, 0.3) is 5.91 Å². The van der Waals surface area contributed by atoms with Gasteiger partial charge < -0.3 is 10.1 Å². The van der Waals surface area contributed by atoms with Crippen LogP contribution in [0.2, 0.25) is 5.02 Å². The van der Waals surface area contributed by atoms with Gasteiger partial charge in [-0.15, -0.1) is 0 Å². The first-order valence-electron chi connectivity index (χ1n) is 11.3. The molecular formula is C30H25ClN2O2. The van der Waals surface area contributed by atoms with E-state index in [4.69, 9.17) is 16.3 Å². The van der Waals surface area contributed by atoms with Gasteiger partial charge in [-0.2, -0.15) is 5.26 Å². The first kappa shape index (κ1) is 24.1. The van der Waals surface area contributed by atoms with Crippen molar-refractivity contribution < 1.29 is 9.53 Å². The summed E-state index contributed by atoms with van der Waals surface area (Å²) in [6.45, 7) is 6.37. The highest BCUT2D eigenvalue weighted by atomic mass is 35.5. The maximum absolute atomic E-state index is 12.8. The summed E-state index contributed by atoms with van der Waals surface area (Å²) < 4.78 is 6.20. The number of aryl methyl sites for hydroxylation is 3. The molecule has 0 aromatic heterocycles. The SMILES string of the molecule is Cc1ccc(NC(=O)/C(C#N)=C/c2cc(Cl)ccc2OCc2c(C)ccc3ccccc23)cc1C. The van der Waals surface area contributed by atoms with Gasteiger partial charge in [-0.1, -0.05) is 54.1 Å². The Labute approximate surface area is 210 Å². The number of hydrogen-bond acceptors (Lipinski definition) is 3. The van der Waals surface area contributed by atoms with Gasteiger partial charge in [-0.25, -0.2) is 0 Å². The Morgan fingerprint density at radius 3 is 2.51 bits per heavy atom. The second-order valence-electron chi connectivity index (χ2n) is 8.48. The van der Waals surface area contributed by atoms with Crippen molar-refractivity contribution in [2.75, 3.05) is 5.32 Å². The number of carbonyl (C=O) groups is 1. The van der Waals surface area contributed by atoms with E-state index in [9.17, 15) is 10.1 Å². The van der Waals surface area contributed by atoms with Crippen LogP contribution in [0.4, 0.5) is 5.69 Å². The number of rotatable bonds is 6. The van der Waals surface area contributed by atoms with Crippen LogP contribution in [0.15, 0.2) is 78.4 Å². The molecule has 0 saturated heterocycles. The molecule has 0 radical (unpaired) electrons. The number of carbonyl (C=O) groups excluding carboxylic acids is 1. The smallest absolute Gasteiger partial charge is 0.266 e. The van der Waals surface area contributed by atoms with Crippen molar-refractivity contribution in [3.05, 3.63) is 111 Å². The predicted octanol–water partition coefficient (Wildman–Crippen LogP) is 7.54. The maximum Gasteiger partial charge on any atom is 0.266 e. The number of hydrogen-bond donors (Lipinski definition) is 1. The lowest BCUT2D eigenvalue weighted by Gasteiger charge is -2.14. The number of halogens is 1. The quantitative estimate of drug-likeness (QED) is 0.229. The van der Waals surface area contributed by atoms with E-state index in [0.29, 0.717) is 28.6 Å². The monoisotopic (exact) mass is 480 g/mol. The van der Waals surface area contributed by atoms with Crippen LogP contribution in [-0.4, -0.2) is 5.91 Å². The van der Waals surface area contributed by atoms with Gasteiger partial charge in [0.2, 0.25) is 0 Å². The van der Waals surface area contributed by atoms with Crippen LogP contribution in [0.3, 0.4) is 0 Å². The van der Waals surface area contributed by atoms with E-state index in [0.717, 1.165) is 33.0 Å². The minimum Gasteiger partial charge on any atom is -0.488 e. The molecule has 0 spiro atoms. The van der Waals surface area contributed by atoms with Crippen LogP contribution < -0.4 is 10.1 Å². The average molecular weight is 481 g/mol. The third-order valence-electron chi connectivity index (χ3n) is 6.05. The summed E-state index contributed by atoms with van der Waals surface area (Å²) in [6, 6.07) is 25.1. The van der Waals surface area contributed by atoms with Gasteiger partial charge in [0.15, 0.2) is 0 Å². The van der Waals surface area contributed by atoms with Gasteiger partial charge in [-0.05, 0) is 84.6 Å². The van der Waals surface area contributed by atoms with Crippen molar-refractivity contribution in [2.45, 2.75) is 27.4 Å². The molecule has 0 aliphatic heterocycles. The number of benzene rings is 4. The highest BCUT2D eigenvalue weighted by Crippen LogP contribution is 2.29. The molecule has 1 N–H and O–H groups in total. The fourth-order valence-corrected chi connectivity index (χ4v) is 4.05. The van der Waals surface area contributed by atoms with E-state index in [1.165, 1.54) is 6.08 Å². The van der Waals surface area contributed by atoms with Crippen molar-refractivity contribution >= 4 is 40.0 Å². The van der Waals surface area contributed by atoms with Gasteiger partial charge in [0, 0.05) is 21.8 Å². The first-order valence-corrected chi connectivity index (χ1v) is 11.6. The zero-order chi connectivity index (χ0) is 24.9. The van der Waals surface area contributed by atoms with E-state index in [1.54, 1.807) is 18.2 Å². The summed E-state index contributed by atoms with van der Waals surface area (Å²) >= 11 is 6.24. The molecule has 5 heteroatoms. The van der Waals surface area contributed by atoms with Crippen LogP contribution in [0, 0.1) is 32.1 Å². The number of amides is 1. The van der Waals surface area contributed by atoms with Crippen LogP contribution in [-0.2, 0) is 11.4 Å². The molecule has 0 heterocycles. The fraction of sp³-hybridized carbons (Fsp3) is 0.133. The second-order valence-corrected chi connectivity index (χ2v) is 8.91. The Bertz CT molecular complexity index is 1500. The van der Waals surface area contributed by atoms with E-state index >= 15 is 0 Å². The predicted molar refractivity (Wildman–Crippen MR) is 143 cm³/mol. The third-order valence-corrected chi connectivity index (χ3v) is 6.28. The minimum atomic E-state index is -0.494. The highest BCUT2D eigenvalue weighted by molar-refractivity contribution is 6.30. The van der Waals surface area contributed by atoms with Crippen LogP contribution in [0.5, 0.6) is 5.75 Å². The molecule has 35 heavy (non-hydrogen) atoms. The van der Waals surface area contributed by atoms with Gasteiger partial charge in [0.05, 0.1) is 0 Å². The maximum atomic E-state index is 12.8. The average Bonchev–Trinajstić information content (AvgIpc) is 2.85. The summed E-state index contributed by atoms with van der Waals surface area (Å²) in [6.07, 6.45) is 1.51. The molecule has 0 bridgehead atoms. The standard InChI is InChI=1S/C30H25ClN2O2/c1-19-9-12-26(14-21(19)3)33-30(34)24(17-32)15-23-16-25(31)11-13-29(23)35-18-28-20(2)8-10-22-6-4-5-7-27(22)28/h4-16H,18H2,1-3H3,(H,33,34)/b24-15+.